The van der Waals surface area contributed by atoms with E-state index in [-0.39, 0.29) is 0 Å². The van der Waals surface area contributed by atoms with Crippen LogP contribution in [-0.2, 0) is 5.33 Å². The lowest BCUT2D eigenvalue weighted by Gasteiger charge is -2.18. The average molecular weight is 524 g/mol. The highest BCUT2D eigenvalue weighted by Crippen LogP contribution is 2.40. The highest BCUT2D eigenvalue weighted by molar-refractivity contribution is 9.08. The van der Waals surface area contributed by atoms with Gasteiger partial charge in [-0.3, -0.25) is 5.21 Å². The maximum atomic E-state index is 10.6. The fraction of sp³-hybridized carbons (Fsp3) is 0.400. The SMILES string of the molecule is CC.CC.CCCOc1cc(CBr)ccc1-c1ccccc1SN(O)c1noc(C)c1C. The lowest BCUT2D eigenvalue weighted by Crippen LogP contribution is -2.09. The maximum Gasteiger partial charge on any atom is 0.210 e. The van der Waals surface area contributed by atoms with Crippen molar-refractivity contribution >= 4 is 33.7 Å². The molecule has 5 nitrogen and oxygen atoms in total. The highest BCUT2D eigenvalue weighted by atomic mass is 79.9. The summed E-state index contributed by atoms with van der Waals surface area (Å²) >= 11 is 4.70. The summed E-state index contributed by atoms with van der Waals surface area (Å²) in [4.78, 5) is 0.887. The molecule has 1 aromatic heterocycles. The van der Waals surface area contributed by atoms with Crippen LogP contribution in [0.1, 0.15) is 57.9 Å². The van der Waals surface area contributed by atoms with Crippen LogP contribution in [-0.4, -0.2) is 17.0 Å². The normalized spacial score (nSPS) is 9.91. The van der Waals surface area contributed by atoms with Gasteiger partial charge in [-0.05, 0) is 38.0 Å². The first-order chi connectivity index (χ1) is 15.5. The van der Waals surface area contributed by atoms with Crippen LogP contribution in [0.2, 0.25) is 0 Å². The Morgan fingerprint density at radius 1 is 1.06 bits per heavy atom. The molecule has 32 heavy (non-hydrogen) atoms. The predicted octanol–water partition coefficient (Wildman–Crippen LogP) is 8.60. The van der Waals surface area contributed by atoms with Crippen molar-refractivity contribution in [3.05, 3.63) is 59.4 Å². The molecule has 0 radical (unpaired) electrons. The van der Waals surface area contributed by atoms with Crippen molar-refractivity contribution in [3.63, 3.8) is 0 Å². The number of ether oxygens (including phenoxy) is 1. The van der Waals surface area contributed by atoms with Crippen molar-refractivity contribution in [2.24, 2.45) is 0 Å². The van der Waals surface area contributed by atoms with E-state index in [1.54, 1.807) is 0 Å². The van der Waals surface area contributed by atoms with Gasteiger partial charge in [0.2, 0.25) is 5.82 Å². The van der Waals surface area contributed by atoms with Crippen LogP contribution >= 0.6 is 27.9 Å². The van der Waals surface area contributed by atoms with Gasteiger partial charge in [-0.1, -0.05) is 86.0 Å². The van der Waals surface area contributed by atoms with Crippen molar-refractivity contribution in [2.75, 3.05) is 11.1 Å². The Morgan fingerprint density at radius 3 is 2.34 bits per heavy atom. The second kappa shape index (κ2) is 15.0. The molecule has 0 atom stereocenters. The molecule has 0 spiro atoms. The Hall–Kier alpha value is -1.96. The first-order valence-electron chi connectivity index (χ1n) is 11.1. The summed E-state index contributed by atoms with van der Waals surface area (Å²) in [5.41, 5.74) is 3.93. The van der Waals surface area contributed by atoms with E-state index >= 15 is 0 Å². The molecule has 0 saturated carbocycles. The molecule has 2 aromatic carbocycles. The molecule has 0 fully saturated rings. The second-order valence-corrected chi connectivity index (χ2v) is 7.89. The minimum absolute atomic E-state index is 0.398. The summed E-state index contributed by atoms with van der Waals surface area (Å²) in [5.74, 6) is 1.92. The Morgan fingerprint density at radius 2 is 1.75 bits per heavy atom. The van der Waals surface area contributed by atoms with Gasteiger partial charge in [0.25, 0.3) is 0 Å². The summed E-state index contributed by atoms with van der Waals surface area (Å²) in [6.45, 7) is 14.4. The van der Waals surface area contributed by atoms with Gasteiger partial charge >= 0.3 is 0 Å². The van der Waals surface area contributed by atoms with Crippen LogP contribution in [0.4, 0.5) is 5.82 Å². The zero-order valence-corrected chi connectivity index (χ0v) is 22.5. The van der Waals surface area contributed by atoms with E-state index in [1.807, 2.05) is 65.8 Å². The van der Waals surface area contributed by atoms with E-state index < -0.39 is 0 Å². The van der Waals surface area contributed by atoms with E-state index in [4.69, 9.17) is 9.26 Å². The topological polar surface area (TPSA) is 58.7 Å². The molecular formula is C25H35BrN2O3S. The van der Waals surface area contributed by atoms with Gasteiger partial charge in [-0.2, -0.15) is 4.47 Å². The number of benzene rings is 2. The molecule has 0 aliphatic carbocycles. The largest absolute Gasteiger partial charge is 0.493 e. The van der Waals surface area contributed by atoms with Crippen molar-refractivity contribution in [2.45, 2.75) is 65.1 Å². The molecule has 0 aliphatic rings. The number of hydrogen-bond acceptors (Lipinski definition) is 6. The summed E-state index contributed by atoms with van der Waals surface area (Å²) in [6, 6.07) is 14.1. The fourth-order valence-corrected chi connectivity index (χ4v) is 3.90. The summed E-state index contributed by atoms with van der Waals surface area (Å²) < 4.78 is 12.2. The maximum absolute atomic E-state index is 10.6. The van der Waals surface area contributed by atoms with E-state index in [0.29, 0.717) is 18.2 Å². The first kappa shape index (κ1) is 28.1. The van der Waals surface area contributed by atoms with Crippen LogP contribution in [0, 0.1) is 13.8 Å². The molecule has 0 saturated heterocycles. The zero-order valence-electron chi connectivity index (χ0n) is 20.1. The predicted molar refractivity (Wildman–Crippen MR) is 139 cm³/mol. The molecule has 3 aromatic rings. The van der Waals surface area contributed by atoms with Crippen molar-refractivity contribution in [1.29, 1.82) is 0 Å². The van der Waals surface area contributed by atoms with Crippen molar-refractivity contribution in [1.82, 2.24) is 5.16 Å². The number of aromatic nitrogens is 1. The Balaban J connectivity index is 0.00000121. The third-order valence-electron chi connectivity index (χ3n) is 4.34. The minimum Gasteiger partial charge on any atom is -0.493 e. The van der Waals surface area contributed by atoms with Crippen molar-refractivity contribution < 1.29 is 14.5 Å². The van der Waals surface area contributed by atoms with Crippen LogP contribution in [0.15, 0.2) is 51.9 Å². The van der Waals surface area contributed by atoms with E-state index in [9.17, 15) is 5.21 Å². The van der Waals surface area contributed by atoms with Crippen LogP contribution in [0.5, 0.6) is 5.75 Å². The standard InChI is InChI=1S/C21H23BrN2O3S.2C2H6/c1-4-11-26-19-12-16(13-22)9-10-17(19)18-7-5-6-8-20(18)28-24(25)21-14(2)15(3)27-23-21;2*1-2/h5-10,12,25H,4,11,13H2,1-3H3;2*1-2H3. The van der Waals surface area contributed by atoms with E-state index in [1.165, 1.54) is 11.9 Å². The number of nitrogens with zero attached hydrogens (tertiary/aromatic N) is 2. The van der Waals surface area contributed by atoms with Crippen molar-refractivity contribution in [3.8, 4) is 16.9 Å². The first-order valence-corrected chi connectivity index (χ1v) is 13.0. The molecule has 0 aliphatic heterocycles. The van der Waals surface area contributed by atoms with Gasteiger partial charge < -0.3 is 9.26 Å². The Labute approximate surface area is 205 Å². The Kier molecular flexibility index (Phi) is 13.1. The highest BCUT2D eigenvalue weighted by Gasteiger charge is 2.19. The molecule has 0 bridgehead atoms. The number of anilines is 1. The molecule has 0 amide bonds. The van der Waals surface area contributed by atoms with Gasteiger partial charge in [0.1, 0.15) is 11.5 Å². The van der Waals surface area contributed by atoms with Crippen LogP contribution in [0.25, 0.3) is 11.1 Å². The molecule has 176 valence electrons. The van der Waals surface area contributed by atoms with E-state index in [0.717, 1.165) is 49.1 Å². The van der Waals surface area contributed by atoms with Gasteiger partial charge in [0.05, 0.1) is 6.61 Å². The number of halogens is 1. The minimum atomic E-state index is 0.398. The Bertz CT molecular complexity index is 947. The second-order valence-electron chi connectivity index (χ2n) is 6.36. The summed E-state index contributed by atoms with van der Waals surface area (Å²) in [5, 5.41) is 15.3. The molecule has 1 N–H and O–H groups in total. The summed E-state index contributed by atoms with van der Waals surface area (Å²) in [7, 11) is 0. The number of aryl methyl sites for hydroxylation is 1. The quantitative estimate of drug-likeness (QED) is 0.181. The monoisotopic (exact) mass is 522 g/mol. The lowest BCUT2D eigenvalue weighted by atomic mass is 10.0. The fourth-order valence-electron chi connectivity index (χ4n) is 2.69. The van der Waals surface area contributed by atoms with Gasteiger partial charge in [0.15, 0.2) is 0 Å². The van der Waals surface area contributed by atoms with Gasteiger partial charge in [0, 0.05) is 38.9 Å². The number of hydrogen-bond donors (Lipinski definition) is 1. The average Bonchev–Trinajstić information content (AvgIpc) is 3.18. The zero-order chi connectivity index (χ0) is 24.1. The van der Waals surface area contributed by atoms with Gasteiger partial charge in [-0.15, -0.1) is 0 Å². The van der Waals surface area contributed by atoms with E-state index in [2.05, 4.69) is 46.2 Å². The third kappa shape index (κ3) is 7.29. The van der Waals surface area contributed by atoms with Crippen LogP contribution in [0.3, 0.4) is 0 Å². The summed E-state index contributed by atoms with van der Waals surface area (Å²) in [6.07, 6.45) is 0.934. The number of alkyl halides is 1. The smallest absolute Gasteiger partial charge is 0.210 e. The molecular weight excluding hydrogens is 488 g/mol. The van der Waals surface area contributed by atoms with Crippen LogP contribution < -0.4 is 9.21 Å². The third-order valence-corrected chi connectivity index (χ3v) is 5.88. The van der Waals surface area contributed by atoms with Gasteiger partial charge in [-0.25, -0.2) is 0 Å². The molecule has 0 unspecified atom stereocenters. The molecule has 1 heterocycles. The number of rotatable bonds is 8. The molecule has 3 rings (SSSR count). The molecule has 7 heteroatoms. The lowest BCUT2D eigenvalue weighted by molar-refractivity contribution is 0.316.